The molecule has 0 heterocycles. The number of halogens is 1. The second-order valence-corrected chi connectivity index (χ2v) is 5.57. The molecule has 16 heavy (non-hydrogen) atoms. The number of aryl methyl sites for hydroxylation is 1. The number of nitrogens with one attached hydrogen (secondary N) is 1. The van der Waals surface area contributed by atoms with Gasteiger partial charge in [-0.05, 0) is 49.9 Å². The van der Waals surface area contributed by atoms with Crippen molar-refractivity contribution in [3.8, 4) is 0 Å². The molecule has 0 bridgehead atoms. The fourth-order valence-corrected chi connectivity index (χ4v) is 2.25. The Morgan fingerprint density at radius 2 is 1.81 bits per heavy atom. The lowest BCUT2D eigenvalue weighted by Crippen LogP contribution is -2.30. The van der Waals surface area contributed by atoms with Crippen LogP contribution in [0.25, 0.3) is 0 Å². The van der Waals surface area contributed by atoms with Gasteiger partial charge in [-0.25, -0.2) is 0 Å². The largest absolute Gasteiger partial charge is 0.317 e. The van der Waals surface area contributed by atoms with Gasteiger partial charge in [0.05, 0.1) is 0 Å². The zero-order chi connectivity index (χ0) is 12.0. The summed E-state index contributed by atoms with van der Waals surface area (Å²) in [4.78, 5) is 0. The van der Waals surface area contributed by atoms with Gasteiger partial charge in [-0.1, -0.05) is 41.9 Å². The van der Waals surface area contributed by atoms with Gasteiger partial charge in [0.2, 0.25) is 0 Å². The smallest absolute Gasteiger partial charge is 0.0175 e. The first-order valence-electron chi connectivity index (χ1n) is 6.05. The first kappa shape index (κ1) is 13.7. The molecule has 0 amide bonds. The molecule has 1 aromatic carbocycles. The first-order valence-corrected chi connectivity index (χ1v) is 6.84. The van der Waals surface area contributed by atoms with Crippen molar-refractivity contribution >= 4 is 15.9 Å². The van der Waals surface area contributed by atoms with Crippen LogP contribution in [0.4, 0.5) is 0 Å². The molecule has 1 N–H and O–H groups in total. The lowest BCUT2D eigenvalue weighted by Gasteiger charge is -2.19. The van der Waals surface area contributed by atoms with E-state index in [1.54, 1.807) is 0 Å². The zero-order valence-electron chi connectivity index (χ0n) is 10.5. The Morgan fingerprint density at radius 1 is 1.19 bits per heavy atom. The van der Waals surface area contributed by atoms with Crippen molar-refractivity contribution in [2.75, 3.05) is 7.05 Å². The minimum atomic E-state index is 0.649. The van der Waals surface area contributed by atoms with Crippen molar-refractivity contribution in [1.29, 1.82) is 0 Å². The second-order valence-electron chi connectivity index (χ2n) is 4.66. The van der Waals surface area contributed by atoms with Gasteiger partial charge in [-0.15, -0.1) is 0 Å². The van der Waals surface area contributed by atoms with E-state index < -0.39 is 0 Å². The molecule has 1 rings (SSSR count). The zero-order valence-corrected chi connectivity index (χ0v) is 12.0. The van der Waals surface area contributed by atoms with Gasteiger partial charge >= 0.3 is 0 Å². The van der Waals surface area contributed by atoms with E-state index in [4.69, 9.17) is 0 Å². The molecule has 0 aliphatic rings. The maximum Gasteiger partial charge on any atom is 0.0175 e. The molecule has 0 aliphatic carbocycles. The lowest BCUT2D eigenvalue weighted by molar-refractivity contribution is 0.393. The predicted molar refractivity (Wildman–Crippen MR) is 74.8 cm³/mol. The Labute approximate surface area is 108 Å². The highest BCUT2D eigenvalue weighted by atomic mass is 79.9. The fourth-order valence-electron chi connectivity index (χ4n) is 1.99. The third kappa shape index (κ3) is 4.67. The summed E-state index contributed by atoms with van der Waals surface area (Å²) in [6, 6.07) is 9.29. The van der Waals surface area contributed by atoms with Gasteiger partial charge in [0.25, 0.3) is 0 Å². The van der Waals surface area contributed by atoms with Gasteiger partial charge in [-0.3, -0.25) is 0 Å². The average Bonchev–Trinajstić information content (AvgIpc) is 2.26. The van der Waals surface area contributed by atoms with Crippen LogP contribution < -0.4 is 5.32 Å². The van der Waals surface area contributed by atoms with Crippen LogP contribution in [0.5, 0.6) is 0 Å². The van der Waals surface area contributed by atoms with Gasteiger partial charge < -0.3 is 5.32 Å². The number of benzene rings is 1. The van der Waals surface area contributed by atoms with Crippen LogP contribution in [0.15, 0.2) is 28.7 Å². The summed E-state index contributed by atoms with van der Waals surface area (Å²) in [7, 11) is 2.06. The minimum Gasteiger partial charge on any atom is -0.317 e. The second kappa shape index (κ2) is 7.08. The van der Waals surface area contributed by atoms with Gasteiger partial charge in [-0.2, -0.15) is 0 Å². The van der Waals surface area contributed by atoms with Crippen molar-refractivity contribution < 1.29 is 0 Å². The van der Waals surface area contributed by atoms with Crippen LogP contribution in [0.2, 0.25) is 0 Å². The average molecular weight is 284 g/mol. The molecular formula is C14H22BrN. The molecule has 0 saturated carbocycles. The standard InChI is InChI=1S/C14H22BrN/c1-11(2)14(16-3)6-4-5-12-7-9-13(15)10-8-12/h7-11,14,16H,4-6H2,1-3H3. The first-order chi connectivity index (χ1) is 7.63. The van der Waals surface area contributed by atoms with Gasteiger partial charge in [0.15, 0.2) is 0 Å². The summed E-state index contributed by atoms with van der Waals surface area (Å²) in [5, 5.41) is 3.39. The van der Waals surface area contributed by atoms with Crippen molar-refractivity contribution in [3.63, 3.8) is 0 Å². The summed E-state index contributed by atoms with van der Waals surface area (Å²) in [5.41, 5.74) is 1.43. The third-order valence-corrected chi connectivity index (χ3v) is 3.60. The number of hydrogen-bond donors (Lipinski definition) is 1. The Hall–Kier alpha value is -0.340. The summed E-state index contributed by atoms with van der Waals surface area (Å²) in [6.07, 6.45) is 3.69. The van der Waals surface area contributed by atoms with E-state index in [0.29, 0.717) is 6.04 Å². The predicted octanol–water partition coefficient (Wildman–Crippen LogP) is 4.02. The van der Waals surface area contributed by atoms with Gasteiger partial charge in [0.1, 0.15) is 0 Å². The number of hydrogen-bond acceptors (Lipinski definition) is 1. The maximum absolute atomic E-state index is 3.46. The Bertz CT molecular complexity index is 292. The number of rotatable bonds is 6. The van der Waals surface area contributed by atoms with Crippen LogP contribution in [-0.4, -0.2) is 13.1 Å². The van der Waals surface area contributed by atoms with Crippen LogP contribution in [0.3, 0.4) is 0 Å². The van der Waals surface area contributed by atoms with Crippen molar-refractivity contribution in [3.05, 3.63) is 34.3 Å². The van der Waals surface area contributed by atoms with Crippen molar-refractivity contribution in [2.24, 2.45) is 5.92 Å². The van der Waals surface area contributed by atoms with Crippen LogP contribution >= 0.6 is 15.9 Å². The van der Waals surface area contributed by atoms with E-state index in [-0.39, 0.29) is 0 Å². The normalized spacial score (nSPS) is 13.1. The molecule has 2 heteroatoms. The molecule has 90 valence electrons. The lowest BCUT2D eigenvalue weighted by atomic mass is 9.97. The van der Waals surface area contributed by atoms with E-state index in [2.05, 4.69) is 66.4 Å². The quantitative estimate of drug-likeness (QED) is 0.832. The van der Waals surface area contributed by atoms with Crippen LogP contribution in [0.1, 0.15) is 32.3 Å². The maximum atomic E-state index is 3.46. The summed E-state index contributed by atoms with van der Waals surface area (Å²) in [5.74, 6) is 0.718. The Morgan fingerprint density at radius 3 is 2.31 bits per heavy atom. The SMILES string of the molecule is CNC(CCCc1ccc(Br)cc1)C(C)C. The molecule has 1 nitrogen and oxygen atoms in total. The highest BCUT2D eigenvalue weighted by Crippen LogP contribution is 2.14. The highest BCUT2D eigenvalue weighted by molar-refractivity contribution is 9.10. The van der Waals surface area contributed by atoms with E-state index in [1.807, 2.05) is 0 Å². The molecule has 0 aromatic heterocycles. The van der Waals surface area contributed by atoms with E-state index in [1.165, 1.54) is 24.8 Å². The minimum absolute atomic E-state index is 0.649. The van der Waals surface area contributed by atoms with Crippen molar-refractivity contribution in [1.82, 2.24) is 5.32 Å². The topological polar surface area (TPSA) is 12.0 Å². The van der Waals surface area contributed by atoms with E-state index in [9.17, 15) is 0 Å². The molecule has 0 spiro atoms. The molecule has 1 unspecified atom stereocenters. The van der Waals surface area contributed by atoms with E-state index in [0.717, 1.165) is 10.4 Å². The Balaban J connectivity index is 2.32. The van der Waals surface area contributed by atoms with Crippen LogP contribution in [-0.2, 0) is 6.42 Å². The summed E-state index contributed by atoms with van der Waals surface area (Å²) < 4.78 is 1.16. The molecule has 0 radical (unpaired) electrons. The summed E-state index contributed by atoms with van der Waals surface area (Å²) in [6.45, 7) is 4.56. The Kier molecular flexibility index (Phi) is 6.07. The molecular weight excluding hydrogens is 262 g/mol. The molecule has 0 aliphatic heterocycles. The van der Waals surface area contributed by atoms with Crippen LogP contribution in [0, 0.1) is 5.92 Å². The van der Waals surface area contributed by atoms with Crippen molar-refractivity contribution in [2.45, 2.75) is 39.2 Å². The fraction of sp³-hybridized carbons (Fsp3) is 0.571. The molecule has 0 saturated heterocycles. The highest BCUT2D eigenvalue weighted by Gasteiger charge is 2.09. The molecule has 1 atom stereocenters. The monoisotopic (exact) mass is 283 g/mol. The molecule has 0 fully saturated rings. The molecule has 1 aromatic rings. The van der Waals surface area contributed by atoms with Gasteiger partial charge in [0, 0.05) is 10.5 Å². The van der Waals surface area contributed by atoms with E-state index >= 15 is 0 Å². The third-order valence-electron chi connectivity index (χ3n) is 3.07. The summed E-state index contributed by atoms with van der Waals surface area (Å²) >= 11 is 3.46.